The van der Waals surface area contributed by atoms with Crippen molar-refractivity contribution >= 4 is 45.6 Å². The Balaban J connectivity index is 1.45. The molecule has 34 heavy (non-hydrogen) atoms. The van der Waals surface area contributed by atoms with Gasteiger partial charge < -0.3 is 19.7 Å². The predicted molar refractivity (Wildman–Crippen MR) is 137 cm³/mol. The van der Waals surface area contributed by atoms with Crippen molar-refractivity contribution in [3.63, 3.8) is 0 Å². The fraction of sp³-hybridized carbons (Fsp3) is 0.240. The SMILES string of the molecule is COc1cc2c(cc1OCc1cc(CI)cc([N+](=O)[O-])c1)NC[C@@H]1Cc3ccccc3N1C2=O. The van der Waals surface area contributed by atoms with Crippen molar-refractivity contribution in [3.8, 4) is 11.5 Å². The van der Waals surface area contributed by atoms with Crippen LogP contribution in [0.3, 0.4) is 0 Å². The predicted octanol–water partition coefficient (Wildman–Crippen LogP) is 5.11. The number of non-ortho nitro benzene ring substituents is 1. The van der Waals surface area contributed by atoms with E-state index in [1.54, 1.807) is 18.2 Å². The lowest BCUT2D eigenvalue weighted by Crippen LogP contribution is -2.39. The lowest BCUT2D eigenvalue weighted by Gasteiger charge is -2.22. The van der Waals surface area contributed by atoms with Crippen LogP contribution in [0.5, 0.6) is 11.5 Å². The molecule has 2 aliphatic heterocycles. The number of ether oxygens (including phenoxy) is 2. The van der Waals surface area contributed by atoms with Gasteiger partial charge in [0.25, 0.3) is 11.6 Å². The Labute approximate surface area is 210 Å². The molecule has 2 aliphatic rings. The molecule has 5 rings (SSSR count). The van der Waals surface area contributed by atoms with E-state index in [2.05, 4.69) is 34.0 Å². The van der Waals surface area contributed by atoms with Gasteiger partial charge in [0.15, 0.2) is 11.5 Å². The van der Waals surface area contributed by atoms with E-state index in [0.29, 0.717) is 39.3 Å². The van der Waals surface area contributed by atoms with Crippen LogP contribution in [0.2, 0.25) is 0 Å². The Bertz CT molecular complexity index is 1300. The first-order valence-corrected chi connectivity index (χ1v) is 12.3. The van der Waals surface area contributed by atoms with E-state index in [1.165, 1.54) is 18.7 Å². The fourth-order valence-corrected chi connectivity index (χ4v) is 5.02. The third-order valence-electron chi connectivity index (χ3n) is 6.15. The Morgan fingerprint density at radius 2 is 1.94 bits per heavy atom. The van der Waals surface area contributed by atoms with E-state index >= 15 is 0 Å². The van der Waals surface area contributed by atoms with Gasteiger partial charge in [0.05, 0.1) is 29.3 Å². The van der Waals surface area contributed by atoms with Crippen LogP contribution in [0.15, 0.2) is 54.6 Å². The molecule has 174 valence electrons. The molecule has 1 N–H and O–H groups in total. The zero-order valence-electron chi connectivity index (χ0n) is 18.4. The van der Waals surface area contributed by atoms with Crippen molar-refractivity contribution in [2.75, 3.05) is 23.9 Å². The van der Waals surface area contributed by atoms with Crippen LogP contribution in [0.25, 0.3) is 0 Å². The second-order valence-electron chi connectivity index (χ2n) is 8.28. The molecular weight excluding hydrogens is 549 g/mol. The van der Waals surface area contributed by atoms with Crippen molar-refractivity contribution in [2.24, 2.45) is 0 Å². The number of carbonyl (C=O) groups excluding carboxylic acids is 1. The highest BCUT2D eigenvalue weighted by molar-refractivity contribution is 14.1. The fourth-order valence-electron chi connectivity index (χ4n) is 4.58. The summed E-state index contributed by atoms with van der Waals surface area (Å²) in [6.45, 7) is 0.750. The number of hydrogen-bond acceptors (Lipinski definition) is 6. The number of rotatable bonds is 6. The minimum absolute atomic E-state index is 0.0317. The lowest BCUT2D eigenvalue weighted by atomic mass is 10.1. The maximum Gasteiger partial charge on any atom is 0.270 e. The molecule has 1 atom stereocenters. The highest BCUT2D eigenvalue weighted by atomic mass is 127. The molecule has 2 heterocycles. The average molecular weight is 571 g/mol. The van der Waals surface area contributed by atoms with Crippen molar-refractivity contribution in [3.05, 3.63) is 87.0 Å². The summed E-state index contributed by atoms with van der Waals surface area (Å²) in [5.41, 5.74) is 4.90. The van der Waals surface area contributed by atoms with Crippen molar-refractivity contribution < 1.29 is 19.2 Å². The minimum atomic E-state index is -0.401. The van der Waals surface area contributed by atoms with Gasteiger partial charge in [0.1, 0.15) is 6.61 Å². The van der Waals surface area contributed by atoms with Crippen molar-refractivity contribution in [1.29, 1.82) is 0 Å². The molecule has 0 bridgehead atoms. The summed E-state index contributed by atoms with van der Waals surface area (Å²) in [5.74, 6) is 0.816. The van der Waals surface area contributed by atoms with Gasteiger partial charge in [-0.25, -0.2) is 0 Å². The van der Waals surface area contributed by atoms with E-state index in [4.69, 9.17) is 9.47 Å². The number of nitro benzene ring substituents is 1. The van der Waals surface area contributed by atoms with Gasteiger partial charge in [0, 0.05) is 34.9 Å². The van der Waals surface area contributed by atoms with Crippen LogP contribution in [-0.4, -0.2) is 30.5 Å². The number of methoxy groups -OCH3 is 1. The quantitative estimate of drug-likeness (QED) is 0.191. The van der Waals surface area contributed by atoms with Crippen LogP contribution in [-0.2, 0) is 17.5 Å². The number of anilines is 2. The number of para-hydroxylation sites is 1. The molecule has 3 aromatic carbocycles. The molecule has 9 heteroatoms. The van der Waals surface area contributed by atoms with Crippen LogP contribution < -0.4 is 19.7 Å². The van der Waals surface area contributed by atoms with Gasteiger partial charge in [0.2, 0.25) is 0 Å². The van der Waals surface area contributed by atoms with Gasteiger partial charge in [-0.2, -0.15) is 0 Å². The molecule has 0 aromatic heterocycles. The standard InChI is InChI=1S/C25H22IN3O5/c1-33-23-10-20-21(27-13-19-9-17-4-2-3-5-22(17)28(19)25(20)30)11-24(23)34-14-16-6-15(12-26)7-18(8-16)29(31)32/h2-8,10-11,19,27H,9,12-14H2,1H3/t19-/m0/s1. The monoisotopic (exact) mass is 571 g/mol. The number of nitrogens with one attached hydrogen (secondary N) is 1. The number of fused-ring (bicyclic) bond motifs is 4. The van der Waals surface area contributed by atoms with Gasteiger partial charge in [-0.1, -0.05) is 46.9 Å². The Kier molecular flexibility index (Phi) is 6.03. The normalized spacial score (nSPS) is 16.1. The summed E-state index contributed by atoms with van der Waals surface area (Å²) in [7, 11) is 1.53. The summed E-state index contributed by atoms with van der Waals surface area (Å²) in [6.07, 6.45) is 0.801. The number of halogens is 1. The summed E-state index contributed by atoms with van der Waals surface area (Å²) < 4.78 is 12.2. The van der Waals surface area contributed by atoms with Crippen molar-refractivity contribution in [1.82, 2.24) is 0 Å². The number of benzene rings is 3. The third-order valence-corrected chi connectivity index (χ3v) is 7.03. The molecule has 1 amide bonds. The molecule has 0 aliphatic carbocycles. The second kappa shape index (κ2) is 9.13. The number of alkyl halides is 1. The van der Waals surface area contributed by atoms with Crippen LogP contribution >= 0.6 is 22.6 Å². The van der Waals surface area contributed by atoms with Gasteiger partial charge in [-0.15, -0.1) is 0 Å². The smallest absolute Gasteiger partial charge is 0.270 e. The molecular formula is C25H22IN3O5. The topological polar surface area (TPSA) is 93.9 Å². The highest BCUT2D eigenvalue weighted by Gasteiger charge is 2.37. The number of nitrogens with zero attached hydrogens (tertiary/aromatic N) is 2. The number of carbonyl (C=O) groups is 1. The number of hydrogen-bond donors (Lipinski definition) is 1. The summed E-state index contributed by atoms with van der Waals surface area (Å²) in [5, 5.41) is 14.7. The van der Waals surface area contributed by atoms with E-state index in [1.807, 2.05) is 29.2 Å². The Hall–Kier alpha value is -3.34. The van der Waals surface area contributed by atoms with E-state index in [9.17, 15) is 14.9 Å². The van der Waals surface area contributed by atoms with Crippen LogP contribution in [0.4, 0.5) is 17.1 Å². The Morgan fingerprint density at radius 3 is 2.71 bits per heavy atom. The summed E-state index contributed by atoms with van der Waals surface area (Å²) in [6, 6.07) is 16.5. The molecule has 0 spiro atoms. The third kappa shape index (κ3) is 4.04. The lowest BCUT2D eigenvalue weighted by molar-refractivity contribution is -0.385. The Morgan fingerprint density at radius 1 is 1.15 bits per heavy atom. The van der Waals surface area contributed by atoms with E-state index in [0.717, 1.165) is 17.7 Å². The second-order valence-corrected chi connectivity index (χ2v) is 9.04. The van der Waals surface area contributed by atoms with Crippen molar-refractivity contribution in [2.45, 2.75) is 23.5 Å². The first kappa shape index (κ1) is 22.5. The maximum absolute atomic E-state index is 13.5. The molecule has 3 aromatic rings. The average Bonchev–Trinajstić information content (AvgIpc) is 3.17. The summed E-state index contributed by atoms with van der Waals surface area (Å²) in [4.78, 5) is 26.3. The van der Waals surface area contributed by atoms with E-state index in [-0.39, 0.29) is 24.2 Å². The largest absolute Gasteiger partial charge is 0.493 e. The van der Waals surface area contributed by atoms with E-state index < -0.39 is 4.92 Å². The van der Waals surface area contributed by atoms with Crippen LogP contribution in [0, 0.1) is 10.1 Å². The molecule has 0 unspecified atom stereocenters. The highest BCUT2D eigenvalue weighted by Crippen LogP contribution is 2.40. The first-order chi connectivity index (χ1) is 16.5. The summed E-state index contributed by atoms with van der Waals surface area (Å²) >= 11 is 2.17. The van der Waals surface area contributed by atoms with Crippen LogP contribution in [0.1, 0.15) is 27.0 Å². The molecule has 0 radical (unpaired) electrons. The zero-order valence-corrected chi connectivity index (χ0v) is 20.6. The number of nitro groups is 1. The zero-order chi connectivity index (χ0) is 23.8. The van der Waals surface area contributed by atoms with Gasteiger partial charge in [-0.3, -0.25) is 14.9 Å². The number of amides is 1. The molecule has 0 saturated carbocycles. The maximum atomic E-state index is 13.5. The molecule has 0 saturated heterocycles. The van der Waals surface area contributed by atoms with Gasteiger partial charge in [-0.05, 0) is 35.2 Å². The first-order valence-electron chi connectivity index (χ1n) is 10.8. The molecule has 8 nitrogen and oxygen atoms in total. The minimum Gasteiger partial charge on any atom is -0.493 e. The molecule has 0 fully saturated rings. The van der Waals surface area contributed by atoms with Gasteiger partial charge >= 0.3 is 0 Å².